The molecule has 0 saturated carbocycles. The summed E-state index contributed by atoms with van der Waals surface area (Å²) >= 11 is 0. The van der Waals surface area contributed by atoms with Crippen LogP contribution in [0, 0.1) is 0 Å². The smallest absolute Gasteiger partial charge is 0.0768 e. The Balaban J connectivity index is 0.000000902. The predicted octanol–water partition coefficient (Wildman–Crippen LogP) is 0.787. The molecule has 19 heavy (non-hydrogen) atoms. The van der Waals surface area contributed by atoms with Crippen LogP contribution in [0.3, 0.4) is 0 Å². The van der Waals surface area contributed by atoms with Crippen LogP contribution in [0.5, 0.6) is 0 Å². The number of hydrogen-bond donors (Lipinski definition) is 2. The second-order valence-corrected chi connectivity index (χ2v) is 5.06. The van der Waals surface area contributed by atoms with Gasteiger partial charge in [-0.2, -0.15) is 5.10 Å². The van der Waals surface area contributed by atoms with Crippen molar-refractivity contribution in [2.75, 3.05) is 19.6 Å². The maximum Gasteiger partial charge on any atom is 0.0768 e. The quantitative estimate of drug-likeness (QED) is 0.848. The van der Waals surface area contributed by atoms with Crippen LogP contribution >= 0.6 is 24.8 Å². The molecule has 1 atom stereocenters. The van der Waals surface area contributed by atoms with Crippen molar-refractivity contribution in [2.24, 2.45) is 0 Å². The van der Waals surface area contributed by atoms with E-state index in [9.17, 15) is 5.11 Å². The zero-order valence-corrected chi connectivity index (χ0v) is 12.5. The first-order valence-electron chi connectivity index (χ1n) is 6.48. The molecule has 0 spiro atoms. The molecular weight excluding hydrogens is 287 g/mol. The molecule has 1 aromatic rings. The Morgan fingerprint density at radius 2 is 2.21 bits per heavy atom. The van der Waals surface area contributed by atoms with Crippen LogP contribution < -0.4 is 5.32 Å². The number of aromatic nitrogens is 2. The lowest BCUT2D eigenvalue weighted by atomic mass is 10.3. The number of aliphatic hydroxyl groups is 1. The van der Waals surface area contributed by atoms with E-state index in [4.69, 9.17) is 0 Å². The SMILES string of the molecule is Cl.Cl.OC1CCN(Cc2cc3n(n2)CCCNC3)C1. The molecule has 0 radical (unpaired) electrons. The number of fused-ring (bicyclic) bond motifs is 1. The number of likely N-dealkylation sites (tertiary alicyclic amines) is 1. The Bertz CT molecular complexity index is 376. The molecule has 5 nitrogen and oxygen atoms in total. The third-order valence-corrected chi connectivity index (χ3v) is 3.58. The summed E-state index contributed by atoms with van der Waals surface area (Å²) in [5, 5.41) is 17.6. The van der Waals surface area contributed by atoms with Crippen LogP contribution in [0.25, 0.3) is 0 Å². The van der Waals surface area contributed by atoms with Crippen molar-refractivity contribution in [1.82, 2.24) is 20.0 Å². The van der Waals surface area contributed by atoms with E-state index >= 15 is 0 Å². The molecule has 2 N–H and O–H groups in total. The minimum absolute atomic E-state index is 0. The Morgan fingerprint density at radius 3 is 2.95 bits per heavy atom. The van der Waals surface area contributed by atoms with Gasteiger partial charge in [0.2, 0.25) is 0 Å². The van der Waals surface area contributed by atoms with Gasteiger partial charge >= 0.3 is 0 Å². The lowest BCUT2D eigenvalue weighted by Crippen LogP contribution is -2.21. The summed E-state index contributed by atoms with van der Waals surface area (Å²) in [4.78, 5) is 2.28. The molecule has 3 heterocycles. The molecule has 0 aromatic carbocycles. The molecule has 2 aliphatic heterocycles. The van der Waals surface area contributed by atoms with Gasteiger partial charge < -0.3 is 10.4 Å². The van der Waals surface area contributed by atoms with E-state index in [1.807, 2.05) is 0 Å². The first-order chi connectivity index (χ1) is 8.31. The van der Waals surface area contributed by atoms with E-state index in [1.165, 1.54) is 5.69 Å². The predicted molar refractivity (Wildman–Crippen MR) is 78.9 cm³/mol. The first kappa shape index (κ1) is 16.7. The molecule has 1 fully saturated rings. The number of aryl methyl sites for hydroxylation is 1. The maximum atomic E-state index is 9.50. The van der Waals surface area contributed by atoms with Gasteiger partial charge in [-0.1, -0.05) is 0 Å². The first-order valence-corrected chi connectivity index (χ1v) is 6.48. The summed E-state index contributed by atoms with van der Waals surface area (Å²) in [5.41, 5.74) is 2.43. The van der Waals surface area contributed by atoms with E-state index < -0.39 is 0 Å². The second-order valence-electron chi connectivity index (χ2n) is 5.06. The summed E-state index contributed by atoms with van der Waals surface area (Å²) < 4.78 is 2.13. The van der Waals surface area contributed by atoms with Crippen LogP contribution in [0.1, 0.15) is 24.2 Å². The summed E-state index contributed by atoms with van der Waals surface area (Å²) in [6, 6.07) is 2.20. The molecule has 1 aromatic heterocycles. The third-order valence-electron chi connectivity index (χ3n) is 3.58. The van der Waals surface area contributed by atoms with E-state index in [0.29, 0.717) is 0 Å². The molecule has 1 saturated heterocycles. The summed E-state index contributed by atoms with van der Waals surface area (Å²) in [6.07, 6.45) is 1.91. The van der Waals surface area contributed by atoms with Crippen molar-refractivity contribution in [3.63, 3.8) is 0 Å². The molecule has 1 unspecified atom stereocenters. The van der Waals surface area contributed by atoms with E-state index in [-0.39, 0.29) is 30.9 Å². The second kappa shape index (κ2) is 7.45. The number of nitrogens with zero attached hydrogens (tertiary/aromatic N) is 3. The molecule has 110 valence electrons. The van der Waals surface area contributed by atoms with Gasteiger partial charge in [-0.3, -0.25) is 9.58 Å². The highest BCUT2D eigenvalue weighted by Gasteiger charge is 2.21. The molecule has 2 aliphatic rings. The van der Waals surface area contributed by atoms with Gasteiger partial charge in [-0.25, -0.2) is 0 Å². The summed E-state index contributed by atoms with van der Waals surface area (Å²) in [7, 11) is 0. The van der Waals surface area contributed by atoms with Gasteiger partial charge in [0.1, 0.15) is 0 Å². The van der Waals surface area contributed by atoms with Crippen molar-refractivity contribution in [3.05, 3.63) is 17.5 Å². The number of halogens is 2. The van der Waals surface area contributed by atoms with E-state index in [2.05, 4.69) is 26.1 Å². The molecule has 0 amide bonds. The van der Waals surface area contributed by atoms with E-state index in [1.54, 1.807) is 0 Å². The normalized spacial score (nSPS) is 23.1. The van der Waals surface area contributed by atoms with Gasteiger partial charge in [-0.15, -0.1) is 24.8 Å². The van der Waals surface area contributed by atoms with Crippen molar-refractivity contribution < 1.29 is 5.11 Å². The number of hydrogen-bond acceptors (Lipinski definition) is 4. The van der Waals surface area contributed by atoms with Crippen molar-refractivity contribution in [1.29, 1.82) is 0 Å². The third kappa shape index (κ3) is 4.07. The monoisotopic (exact) mass is 308 g/mol. The van der Waals surface area contributed by atoms with Crippen molar-refractivity contribution >= 4 is 24.8 Å². The van der Waals surface area contributed by atoms with Gasteiger partial charge in [0.25, 0.3) is 0 Å². The van der Waals surface area contributed by atoms with E-state index in [0.717, 1.165) is 57.8 Å². The van der Waals surface area contributed by atoms with Gasteiger partial charge in [0, 0.05) is 32.7 Å². The summed E-state index contributed by atoms with van der Waals surface area (Å²) in [5.74, 6) is 0. The van der Waals surface area contributed by atoms with Crippen LogP contribution in [-0.4, -0.2) is 45.5 Å². The Morgan fingerprint density at radius 1 is 1.37 bits per heavy atom. The van der Waals surface area contributed by atoms with Crippen molar-refractivity contribution in [3.8, 4) is 0 Å². The van der Waals surface area contributed by atoms with Crippen LogP contribution in [0.15, 0.2) is 6.07 Å². The number of aliphatic hydroxyl groups excluding tert-OH is 1. The lowest BCUT2D eigenvalue weighted by Gasteiger charge is -2.12. The highest BCUT2D eigenvalue weighted by Crippen LogP contribution is 2.14. The van der Waals surface area contributed by atoms with Gasteiger partial charge in [0.05, 0.1) is 17.5 Å². The fourth-order valence-corrected chi connectivity index (χ4v) is 2.68. The lowest BCUT2D eigenvalue weighted by molar-refractivity contribution is 0.174. The largest absolute Gasteiger partial charge is 0.392 e. The molecule has 0 aliphatic carbocycles. The molecular formula is C12H22Cl2N4O. The zero-order valence-electron chi connectivity index (χ0n) is 10.9. The van der Waals surface area contributed by atoms with Crippen LogP contribution in [0.2, 0.25) is 0 Å². The summed E-state index contributed by atoms with van der Waals surface area (Å²) in [6.45, 7) is 5.68. The highest BCUT2D eigenvalue weighted by molar-refractivity contribution is 5.85. The number of β-amino-alcohol motifs (C(OH)–C–C–N with tert-alkyl or cyclic N) is 1. The number of nitrogens with one attached hydrogen (secondary N) is 1. The van der Waals surface area contributed by atoms with Gasteiger partial charge in [-0.05, 0) is 25.5 Å². The minimum atomic E-state index is -0.142. The Labute approximate surface area is 126 Å². The zero-order chi connectivity index (χ0) is 11.7. The molecule has 3 rings (SSSR count). The van der Waals surface area contributed by atoms with Crippen LogP contribution in [-0.2, 0) is 19.6 Å². The molecule has 0 bridgehead atoms. The standard InChI is InChI=1S/C12H20N4O.2ClH/c17-12-2-5-15(9-12)8-10-6-11-7-13-3-1-4-16(11)14-10;;/h6,12-13,17H,1-5,7-9H2;2*1H. The molecule has 7 heteroatoms. The Kier molecular flexibility index (Phi) is 6.56. The Hall–Kier alpha value is -0.330. The highest BCUT2D eigenvalue weighted by atomic mass is 35.5. The minimum Gasteiger partial charge on any atom is -0.392 e. The fourth-order valence-electron chi connectivity index (χ4n) is 2.68. The number of rotatable bonds is 2. The maximum absolute atomic E-state index is 9.50. The topological polar surface area (TPSA) is 53.3 Å². The van der Waals surface area contributed by atoms with Crippen molar-refractivity contribution in [2.45, 2.75) is 38.6 Å². The average molecular weight is 309 g/mol. The van der Waals surface area contributed by atoms with Gasteiger partial charge in [0.15, 0.2) is 0 Å². The fraction of sp³-hybridized carbons (Fsp3) is 0.750. The van der Waals surface area contributed by atoms with Crippen LogP contribution in [0.4, 0.5) is 0 Å². The average Bonchev–Trinajstić information content (AvgIpc) is 2.81.